The number of carboxylic acid groups (broad SMARTS) is 1. The highest BCUT2D eigenvalue weighted by molar-refractivity contribution is 5.70. The van der Waals surface area contributed by atoms with Crippen LogP contribution in [0, 0.1) is 5.82 Å². The second-order valence-electron chi connectivity index (χ2n) is 9.79. The van der Waals surface area contributed by atoms with Crippen LogP contribution in [-0.2, 0) is 22.0 Å². The Labute approximate surface area is 173 Å². The molecule has 0 spiro atoms. The third-order valence-corrected chi connectivity index (χ3v) is 5.35. The predicted octanol–water partition coefficient (Wildman–Crippen LogP) is 6.21. The molecule has 0 heterocycles. The van der Waals surface area contributed by atoms with Crippen LogP contribution in [0.25, 0.3) is 0 Å². The minimum atomic E-state index is -1.04. The molecule has 3 nitrogen and oxygen atoms in total. The van der Waals surface area contributed by atoms with E-state index in [1.807, 2.05) is 13.0 Å². The van der Waals surface area contributed by atoms with E-state index in [4.69, 9.17) is 9.84 Å². The number of hydrogen-bond acceptors (Lipinski definition) is 2. The highest BCUT2D eigenvalue weighted by atomic mass is 19.1. The lowest BCUT2D eigenvalue weighted by molar-refractivity contribution is -0.136. The van der Waals surface area contributed by atoms with Gasteiger partial charge in [0.1, 0.15) is 11.6 Å². The molecule has 0 bridgehead atoms. The van der Waals surface area contributed by atoms with E-state index in [2.05, 4.69) is 53.7 Å². The molecule has 0 saturated carbocycles. The number of carboxylic acids is 1. The number of halogens is 1. The molecule has 2 aromatic rings. The molecule has 29 heavy (non-hydrogen) atoms. The van der Waals surface area contributed by atoms with Crippen LogP contribution in [0.3, 0.4) is 0 Å². The summed E-state index contributed by atoms with van der Waals surface area (Å²) in [7, 11) is 1.71. The molecule has 2 rings (SSSR count). The van der Waals surface area contributed by atoms with Gasteiger partial charge in [-0.25, -0.2) is 4.39 Å². The van der Waals surface area contributed by atoms with Crippen molar-refractivity contribution in [1.29, 1.82) is 0 Å². The Hall–Kier alpha value is -2.36. The van der Waals surface area contributed by atoms with E-state index in [1.165, 1.54) is 6.07 Å². The van der Waals surface area contributed by atoms with E-state index in [0.29, 0.717) is 0 Å². The van der Waals surface area contributed by atoms with Gasteiger partial charge in [0.2, 0.25) is 0 Å². The van der Waals surface area contributed by atoms with Crippen LogP contribution in [0.1, 0.15) is 82.2 Å². The zero-order valence-electron chi connectivity index (χ0n) is 18.8. The minimum Gasteiger partial charge on any atom is -0.496 e. The molecule has 0 saturated heterocycles. The second-order valence-corrected chi connectivity index (χ2v) is 9.79. The molecule has 0 radical (unpaired) electrons. The molecule has 1 atom stereocenters. The lowest BCUT2D eigenvalue weighted by atomic mass is 9.76. The van der Waals surface area contributed by atoms with Crippen molar-refractivity contribution in [3.8, 4) is 5.75 Å². The van der Waals surface area contributed by atoms with E-state index < -0.39 is 11.8 Å². The van der Waals surface area contributed by atoms with Crippen molar-refractivity contribution in [2.45, 2.75) is 71.6 Å². The van der Waals surface area contributed by atoms with E-state index in [9.17, 15) is 9.18 Å². The number of benzene rings is 2. The topological polar surface area (TPSA) is 46.5 Å². The summed E-state index contributed by atoms with van der Waals surface area (Å²) in [6.45, 7) is 15.0. The number of carbonyl (C=O) groups is 1. The Morgan fingerprint density at radius 2 is 1.52 bits per heavy atom. The van der Waals surface area contributed by atoms with Gasteiger partial charge >= 0.3 is 5.97 Å². The van der Waals surface area contributed by atoms with E-state index in [0.717, 1.165) is 28.0 Å². The summed E-state index contributed by atoms with van der Waals surface area (Å²) in [6.07, 6.45) is -0.314. The van der Waals surface area contributed by atoms with Crippen LogP contribution in [0.4, 0.5) is 4.39 Å². The van der Waals surface area contributed by atoms with Crippen molar-refractivity contribution >= 4 is 5.97 Å². The minimum absolute atomic E-state index is 0.0449. The van der Waals surface area contributed by atoms with Gasteiger partial charge in [0, 0.05) is 17.0 Å². The molecule has 0 aliphatic rings. The fourth-order valence-electron chi connectivity index (χ4n) is 3.57. The smallest absolute Gasteiger partial charge is 0.307 e. The quantitative estimate of drug-likeness (QED) is 0.649. The molecule has 0 aliphatic heterocycles. The zero-order chi connectivity index (χ0) is 22.1. The Kier molecular flexibility index (Phi) is 6.46. The molecule has 1 unspecified atom stereocenters. The largest absolute Gasteiger partial charge is 0.496 e. The number of aliphatic carboxylic acids is 1. The Morgan fingerprint density at radius 3 is 1.90 bits per heavy atom. The van der Waals surface area contributed by atoms with Crippen LogP contribution >= 0.6 is 0 Å². The molecule has 2 aromatic carbocycles. The first-order valence-electron chi connectivity index (χ1n) is 9.98. The van der Waals surface area contributed by atoms with Crippen molar-refractivity contribution in [3.63, 3.8) is 0 Å². The van der Waals surface area contributed by atoms with Crippen molar-refractivity contribution in [1.82, 2.24) is 0 Å². The molecular formula is C25H33FO3. The summed E-state index contributed by atoms with van der Waals surface area (Å²) in [5, 5.41) is 8.93. The lowest BCUT2D eigenvalue weighted by Gasteiger charge is -2.31. The summed E-state index contributed by atoms with van der Waals surface area (Å²) < 4.78 is 20.3. The first-order chi connectivity index (χ1) is 13.3. The molecule has 0 fully saturated rings. The van der Waals surface area contributed by atoms with E-state index in [-0.39, 0.29) is 28.7 Å². The van der Waals surface area contributed by atoms with Crippen LogP contribution in [0.2, 0.25) is 0 Å². The maximum Gasteiger partial charge on any atom is 0.307 e. The summed E-state index contributed by atoms with van der Waals surface area (Å²) in [6, 6.07) is 9.17. The fraction of sp³-hybridized carbons (Fsp3) is 0.480. The van der Waals surface area contributed by atoms with Gasteiger partial charge in [-0.1, -0.05) is 72.7 Å². The fourth-order valence-corrected chi connectivity index (χ4v) is 3.57. The molecule has 0 amide bonds. The maximum atomic E-state index is 14.5. The van der Waals surface area contributed by atoms with Gasteiger partial charge in [0.25, 0.3) is 0 Å². The van der Waals surface area contributed by atoms with Crippen LogP contribution in [0.5, 0.6) is 5.75 Å². The number of hydrogen-bond donors (Lipinski definition) is 1. The third kappa shape index (κ3) is 5.17. The third-order valence-electron chi connectivity index (χ3n) is 5.35. The Morgan fingerprint density at radius 1 is 1.00 bits per heavy atom. The summed E-state index contributed by atoms with van der Waals surface area (Å²) in [4.78, 5) is 10.9. The van der Waals surface area contributed by atoms with Gasteiger partial charge in [0.05, 0.1) is 13.5 Å². The monoisotopic (exact) mass is 400 g/mol. The van der Waals surface area contributed by atoms with Crippen LogP contribution < -0.4 is 4.74 Å². The molecule has 0 aromatic heterocycles. The van der Waals surface area contributed by atoms with Crippen LogP contribution in [-0.4, -0.2) is 18.2 Å². The highest BCUT2D eigenvalue weighted by Crippen LogP contribution is 2.42. The van der Waals surface area contributed by atoms with E-state index in [1.54, 1.807) is 13.2 Å². The lowest BCUT2D eigenvalue weighted by Crippen LogP contribution is -2.20. The SMILES string of the molecule is COc1c(C(C)(C)C)cc(C(C)c2ccc(CC(=O)O)c(F)c2)cc1C(C)(C)C. The van der Waals surface area contributed by atoms with E-state index >= 15 is 0 Å². The normalized spacial score (nSPS) is 13.3. The van der Waals surface area contributed by atoms with Gasteiger partial charge in [-0.05, 0) is 33.6 Å². The van der Waals surface area contributed by atoms with Crippen molar-refractivity contribution in [2.75, 3.05) is 7.11 Å². The highest BCUT2D eigenvalue weighted by Gasteiger charge is 2.28. The van der Waals surface area contributed by atoms with Gasteiger partial charge in [0.15, 0.2) is 0 Å². The molecular weight excluding hydrogens is 367 g/mol. The zero-order valence-corrected chi connectivity index (χ0v) is 18.8. The Bertz CT molecular complexity index is 866. The van der Waals surface area contributed by atoms with Gasteiger partial charge < -0.3 is 9.84 Å². The Balaban J connectivity index is 2.62. The molecule has 1 N–H and O–H groups in total. The molecule has 0 aliphatic carbocycles. The van der Waals surface area contributed by atoms with Gasteiger partial charge in [-0.2, -0.15) is 0 Å². The number of methoxy groups -OCH3 is 1. The second kappa shape index (κ2) is 8.17. The summed E-state index contributed by atoms with van der Waals surface area (Å²) >= 11 is 0. The molecule has 4 heteroatoms. The first kappa shape index (κ1) is 22.9. The van der Waals surface area contributed by atoms with Gasteiger partial charge in [-0.3, -0.25) is 4.79 Å². The average Bonchev–Trinajstić information content (AvgIpc) is 2.59. The molecule has 158 valence electrons. The number of rotatable bonds is 5. The summed E-state index contributed by atoms with van der Waals surface area (Å²) in [5.41, 5.74) is 4.13. The predicted molar refractivity (Wildman–Crippen MR) is 116 cm³/mol. The van der Waals surface area contributed by atoms with Gasteiger partial charge in [-0.15, -0.1) is 0 Å². The average molecular weight is 401 g/mol. The van der Waals surface area contributed by atoms with Crippen molar-refractivity contribution < 1.29 is 19.0 Å². The maximum absolute atomic E-state index is 14.5. The standard InChI is InChI=1S/C25H33FO3/c1-15(16-9-10-17(14-22(27)28)21(26)13-16)18-11-19(24(2,3)4)23(29-8)20(12-18)25(5,6)7/h9-13,15H,14H2,1-8H3,(H,27,28). The summed E-state index contributed by atoms with van der Waals surface area (Å²) in [5.74, 6) is -0.651. The van der Waals surface area contributed by atoms with Crippen LogP contribution in [0.15, 0.2) is 30.3 Å². The van der Waals surface area contributed by atoms with Crippen molar-refractivity contribution in [2.24, 2.45) is 0 Å². The van der Waals surface area contributed by atoms with Crippen molar-refractivity contribution in [3.05, 3.63) is 64.0 Å². The first-order valence-corrected chi connectivity index (χ1v) is 9.98. The number of ether oxygens (including phenoxy) is 1.